The van der Waals surface area contributed by atoms with Gasteiger partial charge in [-0.2, -0.15) is 0 Å². The minimum Gasteiger partial charge on any atom is -0.462 e. The molecule has 60 heavy (non-hydrogen) atoms. The number of carbonyl (C=O) groups is 3. The Kier molecular flexibility index (Phi) is 47.8. The van der Waals surface area contributed by atoms with E-state index in [1.165, 1.54) is 173 Å². The van der Waals surface area contributed by atoms with Crippen LogP contribution in [-0.4, -0.2) is 37.2 Å². The third kappa shape index (κ3) is 46.9. The predicted octanol–water partition coefficient (Wildman–Crippen LogP) is 17.2. The van der Waals surface area contributed by atoms with Gasteiger partial charge in [-0.25, -0.2) is 0 Å². The van der Waals surface area contributed by atoms with E-state index in [9.17, 15) is 14.4 Å². The number of ether oxygens (including phenoxy) is 3. The second-order valence-electron chi connectivity index (χ2n) is 17.8. The van der Waals surface area contributed by atoms with Crippen LogP contribution in [-0.2, 0) is 28.6 Å². The van der Waals surface area contributed by atoms with E-state index < -0.39 is 6.10 Å². The van der Waals surface area contributed by atoms with Gasteiger partial charge in [0, 0.05) is 19.3 Å². The highest BCUT2D eigenvalue weighted by Gasteiger charge is 2.19. The van der Waals surface area contributed by atoms with Crippen LogP contribution in [0.4, 0.5) is 0 Å². The molecule has 0 amide bonds. The average molecular weight is 845 g/mol. The molecule has 0 aliphatic heterocycles. The summed E-state index contributed by atoms with van der Waals surface area (Å²) in [5.41, 5.74) is 0. The van der Waals surface area contributed by atoms with Gasteiger partial charge in [-0.3, -0.25) is 14.4 Å². The predicted molar refractivity (Wildman–Crippen MR) is 256 cm³/mol. The van der Waals surface area contributed by atoms with E-state index in [1.54, 1.807) is 0 Å². The van der Waals surface area contributed by atoms with Crippen molar-refractivity contribution < 1.29 is 28.6 Å². The Morgan fingerprint density at radius 3 is 0.833 bits per heavy atom. The van der Waals surface area contributed by atoms with Gasteiger partial charge in [-0.15, -0.1) is 0 Å². The van der Waals surface area contributed by atoms with Crippen LogP contribution in [0.1, 0.15) is 284 Å². The molecular weight excluding hydrogens is 745 g/mol. The van der Waals surface area contributed by atoms with E-state index in [0.717, 1.165) is 70.6 Å². The summed E-state index contributed by atoms with van der Waals surface area (Å²) in [5, 5.41) is 0. The van der Waals surface area contributed by atoms with Crippen LogP contribution in [0.25, 0.3) is 0 Å². The number of esters is 3. The molecule has 0 heterocycles. The van der Waals surface area contributed by atoms with Crippen LogP contribution in [0.5, 0.6) is 0 Å². The Labute approximate surface area is 373 Å². The van der Waals surface area contributed by atoms with Gasteiger partial charge in [0.05, 0.1) is 0 Å². The summed E-state index contributed by atoms with van der Waals surface area (Å²) in [5.74, 6) is -0.878. The smallest absolute Gasteiger partial charge is 0.306 e. The molecule has 0 aliphatic carbocycles. The van der Waals surface area contributed by atoms with Gasteiger partial charge in [0.15, 0.2) is 6.10 Å². The molecule has 0 aromatic carbocycles. The summed E-state index contributed by atoms with van der Waals surface area (Å²) in [7, 11) is 0. The molecule has 6 heteroatoms. The Morgan fingerprint density at radius 2 is 0.550 bits per heavy atom. The van der Waals surface area contributed by atoms with E-state index in [0.29, 0.717) is 19.3 Å². The number of rotatable bonds is 48. The summed E-state index contributed by atoms with van der Waals surface area (Å²) < 4.78 is 16.8. The second-order valence-corrected chi connectivity index (χ2v) is 17.8. The fraction of sp³-hybridized carbons (Fsp3) is 0.870. The zero-order valence-electron chi connectivity index (χ0n) is 40.2. The molecule has 352 valence electrons. The van der Waals surface area contributed by atoms with Crippen molar-refractivity contribution in [3.63, 3.8) is 0 Å². The van der Waals surface area contributed by atoms with E-state index >= 15 is 0 Å². The molecule has 0 aliphatic rings. The first-order chi connectivity index (χ1) is 29.5. The lowest BCUT2D eigenvalue weighted by Gasteiger charge is -2.18. The van der Waals surface area contributed by atoms with Gasteiger partial charge < -0.3 is 14.2 Å². The Morgan fingerprint density at radius 1 is 0.317 bits per heavy atom. The first-order valence-electron chi connectivity index (χ1n) is 26.3. The highest BCUT2D eigenvalue weighted by molar-refractivity contribution is 5.71. The Bertz CT molecular complexity index is 973. The van der Waals surface area contributed by atoms with Crippen LogP contribution in [0.3, 0.4) is 0 Å². The van der Waals surface area contributed by atoms with Crippen LogP contribution in [0.2, 0.25) is 0 Å². The lowest BCUT2D eigenvalue weighted by molar-refractivity contribution is -0.167. The standard InChI is InChI=1S/C54H100O6/c1-4-7-10-13-16-19-22-25-28-31-34-37-40-43-46-52(55)58-49-51(60-54(57)48-45-42-39-36-33-30-27-24-21-18-15-12-9-6-3)50-59-53(56)47-44-41-38-35-32-29-26-23-20-17-14-11-8-5-2/h22,24-25,27,51H,4-21,23,26,28-50H2,1-3H3/b25-22+,27-24+/t51-/m0/s1. The highest BCUT2D eigenvalue weighted by atomic mass is 16.6. The highest BCUT2D eigenvalue weighted by Crippen LogP contribution is 2.15. The van der Waals surface area contributed by atoms with Crippen molar-refractivity contribution in [3.05, 3.63) is 24.3 Å². The van der Waals surface area contributed by atoms with E-state index in [1.807, 2.05) is 0 Å². The Hall–Kier alpha value is -2.11. The van der Waals surface area contributed by atoms with Crippen molar-refractivity contribution in [3.8, 4) is 0 Å². The summed E-state index contributed by atoms with van der Waals surface area (Å²) >= 11 is 0. The molecule has 0 rings (SSSR count). The molecule has 0 N–H and O–H groups in total. The van der Waals surface area contributed by atoms with E-state index in [2.05, 4.69) is 45.1 Å². The largest absolute Gasteiger partial charge is 0.462 e. The number of allylic oxidation sites excluding steroid dienone is 4. The van der Waals surface area contributed by atoms with Crippen molar-refractivity contribution >= 4 is 17.9 Å². The second kappa shape index (κ2) is 49.5. The van der Waals surface area contributed by atoms with Crippen LogP contribution < -0.4 is 0 Å². The Balaban J connectivity index is 4.37. The topological polar surface area (TPSA) is 78.9 Å². The van der Waals surface area contributed by atoms with E-state index in [-0.39, 0.29) is 31.1 Å². The average Bonchev–Trinajstić information content (AvgIpc) is 3.24. The van der Waals surface area contributed by atoms with Crippen molar-refractivity contribution in [2.45, 2.75) is 290 Å². The maximum absolute atomic E-state index is 12.8. The van der Waals surface area contributed by atoms with Crippen molar-refractivity contribution in [2.75, 3.05) is 13.2 Å². The minimum absolute atomic E-state index is 0.0734. The molecular formula is C54H100O6. The molecule has 0 radical (unpaired) electrons. The van der Waals surface area contributed by atoms with Crippen molar-refractivity contribution in [1.82, 2.24) is 0 Å². The van der Waals surface area contributed by atoms with Gasteiger partial charge in [0.1, 0.15) is 13.2 Å². The third-order valence-electron chi connectivity index (χ3n) is 11.7. The lowest BCUT2D eigenvalue weighted by Crippen LogP contribution is -2.30. The van der Waals surface area contributed by atoms with Crippen LogP contribution >= 0.6 is 0 Å². The fourth-order valence-corrected chi connectivity index (χ4v) is 7.67. The lowest BCUT2D eigenvalue weighted by atomic mass is 10.0. The molecule has 0 saturated heterocycles. The van der Waals surface area contributed by atoms with Gasteiger partial charge >= 0.3 is 17.9 Å². The molecule has 0 unspecified atom stereocenters. The van der Waals surface area contributed by atoms with Gasteiger partial charge in [-0.05, 0) is 70.6 Å². The minimum atomic E-state index is -0.774. The molecule has 6 nitrogen and oxygen atoms in total. The van der Waals surface area contributed by atoms with Crippen LogP contribution in [0.15, 0.2) is 24.3 Å². The molecule has 0 spiro atoms. The first-order valence-corrected chi connectivity index (χ1v) is 26.3. The number of hydrogen-bond acceptors (Lipinski definition) is 6. The quantitative estimate of drug-likeness (QED) is 0.0263. The fourth-order valence-electron chi connectivity index (χ4n) is 7.67. The summed E-state index contributed by atoms with van der Waals surface area (Å²) in [6.45, 7) is 6.63. The summed E-state index contributed by atoms with van der Waals surface area (Å²) in [6.07, 6.45) is 55.8. The van der Waals surface area contributed by atoms with Gasteiger partial charge in [0.2, 0.25) is 0 Å². The maximum atomic E-state index is 12.8. The molecule has 0 aromatic heterocycles. The van der Waals surface area contributed by atoms with Crippen LogP contribution in [0, 0.1) is 0 Å². The van der Waals surface area contributed by atoms with Gasteiger partial charge in [-0.1, -0.05) is 218 Å². The maximum Gasteiger partial charge on any atom is 0.306 e. The summed E-state index contributed by atoms with van der Waals surface area (Å²) in [6, 6.07) is 0. The SMILES string of the molecule is CCCCCCC/C=C/CCCCCCCC(=O)OC[C@@H](COC(=O)CCCCCCCCCCCCCCCC)OC(=O)CCCCCCC/C=C/CCCCCCC. The first kappa shape index (κ1) is 57.9. The monoisotopic (exact) mass is 845 g/mol. The number of unbranched alkanes of at least 4 members (excludes halogenated alkanes) is 33. The zero-order valence-corrected chi connectivity index (χ0v) is 40.2. The van der Waals surface area contributed by atoms with Crippen molar-refractivity contribution in [2.24, 2.45) is 0 Å². The van der Waals surface area contributed by atoms with Gasteiger partial charge in [0.25, 0.3) is 0 Å². The van der Waals surface area contributed by atoms with E-state index in [4.69, 9.17) is 14.2 Å². The summed E-state index contributed by atoms with van der Waals surface area (Å²) in [4.78, 5) is 38.0. The normalized spacial score (nSPS) is 12.1. The molecule has 0 aromatic rings. The molecule has 0 saturated carbocycles. The number of carbonyl (C=O) groups excluding carboxylic acids is 3. The molecule has 1 atom stereocenters. The molecule has 0 bridgehead atoms. The van der Waals surface area contributed by atoms with Crippen molar-refractivity contribution in [1.29, 1.82) is 0 Å². The third-order valence-corrected chi connectivity index (χ3v) is 11.7. The zero-order chi connectivity index (χ0) is 43.7. The molecule has 0 fully saturated rings. The number of hydrogen-bond donors (Lipinski definition) is 0.